The Balaban J connectivity index is 1.07. The van der Waals surface area contributed by atoms with Crippen molar-refractivity contribution >= 4 is 39.7 Å². The third-order valence-corrected chi connectivity index (χ3v) is 10.6. The summed E-state index contributed by atoms with van der Waals surface area (Å²) >= 11 is 0. The smallest absolute Gasteiger partial charge is 0.0712 e. The van der Waals surface area contributed by atoms with Crippen LogP contribution in [-0.4, -0.2) is 14.8 Å². The highest BCUT2D eigenvalue weighted by Crippen LogP contribution is 2.38. The first kappa shape index (κ1) is 32.9. The molecule has 0 radical (unpaired) electrons. The summed E-state index contributed by atoms with van der Waals surface area (Å²) in [5.41, 5.74) is 16.3. The first-order chi connectivity index (χ1) is 26.6. The minimum absolute atomic E-state index is 0.520. The molecule has 258 valence electrons. The lowest BCUT2D eigenvalue weighted by Crippen LogP contribution is -2.09. The van der Waals surface area contributed by atoms with Gasteiger partial charge in [-0.1, -0.05) is 146 Å². The number of nitrogens with one attached hydrogen (secondary N) is 1. The molecule has 3 heteroatoms. The Labute approximate surface area is 316 Å². The summed E-state index contributed by atoms with van der Waals surface area (Å²) < 4.78 is 4.68. The van der Waals surface area contributed by atoms with Crippen LogP contribution < -0.4 is 0 Å². The van der Waals surface area contributed by atoms with Crippen LogP contribution in [0.5, 0.6) is 0 Å². The van der Waals surface area contributed by atoms with Crippen LogP contribution in [0.15, 0.2) is 188 Å². The molecule has 8 aromatic rings. The molecule has 0 spiro atoms. The first-order valence-electron chi connectivity index (χ1n) is 18.4. The molecule has 0 atom stereocenters. The van der Waals surface area contributed by atoms with Crippen molar-refractivity contribution in [2.24, 2.45) is 0 Å². The van der Waals surface area contributed by atoms with E-state index in [9.17, 15) is 0 Å². The summed E-state index contributed by atoms with van der Waals surface area (Å²) in [4.78, 5) is 0. The summed E-state index contributed by atoms with van der Waals surface area (Å²) in [7, 11) is 0. The summed E-state index contributed by atoms with van der Waals surface area (Å²) in [6.45, 7) is 6.10. The van der Waals surface area contributed by atoms with Gasteiger partial charge in [-0.05, 0) is 95.3 Å². The van der Waals surface area contributed by atoms with Gasteiger partial charge in [-0.15, -0.1) is 0 Å². The van der Waals surface area contributed by atoms with Crippen molar-refractivity contribution < 1.29 is 0 Å². The predicted molar refractivity (Wildman–Crippen MR) is 229 cm³/mol. The lowest BCUT2D eigenvalue weighted by molar-refractivity contribution is 1.09. The normalized spacial score (nSPS) is 13.4. The van der Waals surface area contributed by atoms with Gasteiger partial charge in [-0.25, -0.2) is 0 Å². The maximum absolute atomic E-state index is 9.12. The van der Waals surface area contributed by atoms with Crippen molar-refractivity contribution in [1.82, 2.24) is 9.13 Å². The van der Waals surface area contributed by atoms with Crippen molar-refractivity contribution in [3.63, 3.8) is 0 Å². The molecule has 0 saturated carbocycles. The molecule has 54 heavy (non-hydrogen) atoms. The second kappa shape index (κ2) is 13.9. The zero-order valence-corrected chi connectivity index (χ0v) is 30.2. The van der Waals surface area contributed by atoms with Gasteiger partial charge in [-0.2, -0.15) is 0 Å². The van der Waals surface area contributed by atoms with E-state index < -0.39 is 0 Å². The van der Waals surface area contributed by atoms with Gasteiger partial charge in [0.05, 0.1) is 22.4 Å². The second-order valence-corrected chi connectivity index (χ2v) is 13.8. The second-order valence-electron chi connectivity index (χ2n) is 13.8. The van der Waals surface area contributed by atoms with E-state index in [1.54, 1.807) is 6.08 Å². The van der Waals surface area contributed by atoms with Gasteiger partial charge in [0.1, 0.15) is 0 Å². The molecule has 9 rings (SSSR count). The first-order valence-corrected chi connectivity index (χ1v) is 18.4. The minimum Gasteiger partial charge on any atom is -0.310 e. The molecule has 1 aliphatic carbocycles. The Bertz CT molecular complexity index is 2820. The maximum Gasteiger partial charge on any atom is 0.0712 e. The molecule has 6 aromatic carbocycles. The third-order valence-electron chi connectivity index (χ3n) is 10.6. The SMILES string of the molecule is C=C/C=C1/C=Cc2c(c3ccc(-c4cccc(C/C=C\c5c(C)c6ccccc6n5-c5cccc(-c6ccccc6)c5)c4)cc3n2-c2ccccc2)C1=N. The van der Waals surface area contributed by atoms with Crippen molar-refractivity contribution in [3.8, 4) is 33.6 Å². The summed E-state index contributed by atoms with van der Waals surface area (Å²) in [5, 5.41) is 11.5. The molecule has 2 heterocycles. The molecule has 0 amide bonds. The highest BCUT2D eigenvalue weighted by Gasteiger charge is 2.24. The molecule has 0 unspecified atom stereocenters. The van der Waals surface area contributed by atoms with Gasteiger partial charge >= 0.3 is 0 Å². The lowest BCUT2D eigenvalue weighted by Gasteiger charge is -2.14. The van der Waals surface area contributed by atoms with Crippen LogP contribution >= 0.6 is 0 Å². The van der Waals surface area contributed by atoms with Gasteiger partial charge in [0.15, 0.2) is 0 Å². The van der Waals surface area contributed by atoms with Crippen LogP contribution in [0.4, 0.5) is 0 Å². The highest BCUT2D eigenvalue weighted by atomic mass is 15.0. The number of fused-ring (bicyclic) bond motifs is 4. The van der Waals surface area contributed by atoms with E-state index in [0.717, 1.165) is 51.1 Å². The van der Waals surface area contributed by atoms with Crippen molar-refractivity contribution in [2.75, 3.05) is 0 Å². The third kappa shape index (κ3) is 5.77. The topological polar surface area (TPSA) is 33.7 Å². The fourth-order valence-electron chi connectivity index (χ4n) is 7.96. The van der Waals surface area contributed by atoms with Crippen LogP contribution in [0.2, 0.25) is 0 Å². The molecular weight excluding hydrogens is 655 g/mol. The lowest BCUT2D eigenvalue weighted by atomic mass is 9.93. The predicted octanol–water partition coefficient (Wildman–Crippen LogP) is 13.0. The monoisotopic (exact) mass is 693 g/mol. The van der Waals surface area contributed by atoms with E-state index in [0.29, 0.717) is 5.71 Å². The maximum atomic E-state index is 9.12. The summed E-state index contributed by atoms with van der Waals surface area (Å²) in [5.74, 6) is 0. The molecule has 0 aliphatic heterocycles. The molecular formula is C51H39N3. The van der Waals surface area contributed by atoms with Crippen LogP contribution in [0.25, 0.3) is 67.6 Å². The number of aryl methyl sites for hydroxylation is 1. The highest BCUT2D eigenvalue weighted by molar-refractivity contribution is 6.23. The number of para-hydroxylation sites is 2. The molecule has 0 bridgehead atoms. The average molecular weight is 694 g/mol. The number of nitrogens with zero attached hydrogens (tertiary/aromatic N) is 2. The Morgan fingerprint density at radius 2 is 1.28 bits per heavy atom. The summed E-state index contributed by atoms with van der Waals surface area (Å²) in [6.07, 6.45) is 13.2. The molecule has 0 fully saturated rings. The number of rotatable bonds is 8. The Kier molecular flexibility index (Phi) is 8.45. The van der Waals surface area contributed by atoms with Crippen LogP contribution in [-0.2, 0) is 6.42 Å². The van der Waals surface area contributed by atoms with Crippen LogP contribution in [0, 0.1) is 12.3 Å². The number of aromatic nitrogens is 2. The average Bonchev–Trinajstić information content (AvgIpc) is 3.71. The zero-order valence-electron chi connectivity index (χ0n) is 30.2. The van der Waals surface area contributed by atoms with Gasteiger partial charge in [0.2, 0.25) is 0 Å². The Morgan fingerprint density at radius 1 is 0.593 bits per heavy atom. The van der Waals surface area contributed by atoms with Gasteiger partial charge in [0, 0.05) is 39.0 Å². The van der Waals surface area contributed by atoms with E-state index in [1.807, 2.05) is 18.2 Å². The van der Waals surface area contributed by atoms with E-state index in [1.165, 1.54) is 44.4 Å². The number of benzene rings is 6. The van der Waals surface area contributed by atoms with E-state index >= 15 is 0 Å². The van der Waals surface area contributed by atoms with Crippen molar-refractivity contribution in [2.45, 2.75) is 13.3 Å². The van der Waals surface area contributed by atoms with Gasteiger partial charge in [-0.3, -0.25) is 5.41 Å². The molecule has 2 aromatic heterocycles. The molecule has 1 N–H and O–H groups in total. The molecule has 3 nitrogen and oxygen atoms in total. The zero-order chi connectivity index (χ0) is 36.6. The van der Waals surface area contributed by atoms with Crippen LogP contribution in [0.1, 0.15) is 28.1 Å². The van der Waals surface area contributed by atoms with E-state index in [2.05, 4.69) is 186 Å². The van der Waals surface area contributed by atoms with Crippen molar-refractivity contribution in [1.29, 1.82) is 5.41 Å². The summed E-state index contributed by atoms with van der Waals surface area (Å²) in [6, 6.07) is 54.1. The largest absolute Gasteiger partial charge is 0.310 e. The van der Waals surface area contributed by atoms with Gasteiger partial charge < -0.3 is 9.13 Å². The van der Waals surface area contributed by atoms with E-state index in [4.69, 9.17) is 5.41 Å². The Morgan fingerprint density at radius 3 is 2.09 bits per heavy atom. The number of hydrogen-bond donors (Lipinski definition) is 1. The van der Waals surface area contributed by atoms with Gasteiger partial charge in [0.25, 0.3) is 0 Å². The standard InChI is InChI=1S/C51H39N3/c1-3-15-38-29-31-48-50(51(38)52)45-30-28-41(34-49(45)53(48)42-22-8-5-9-23-42)39-20-12-16-36(32-39)17-13-27-46-35(2)44-25-10-11-26-47(44)54(46)43-24-14-21-40(33-43)37-18-6-4-7-19-37/h3-16,18-34,52H,1,17H2,2H3/b27-13-,38-15-,52-51?. The quantitative estimate of drug-likeness (QED) is 0.164. The van der Waals surface area contributed by atoms with Crippen LogP contribution in [0.3, 0.4) is 0 Å². The Hall–Kier alpha value is -6.97. The molecule has 0 saturated heterocycles. The fourth-order valence-corrected chi connectivity index (χ4v) is 7.96. The fraction of sp³-hybridized carbons (Fsp3) is 0.0392. The van der Waals surface area contributed by atoms with Crippen molar-refractivity contribution in [3.05, 3.63) is 216 Å². The molecule has 1 aliphatic rings. The van der Waals surface area contributed by atoms with E-state index in [-0.39, 0.29) is 0 Å². The minimum atomic E-state index is 0.520. The number of hydrogen-bond acceptors (Lipinski definition) is 1. The number of allylic oxidation sites excluding steroid dienone is 5.